The summed E-state index contributed by atoms with van der Waals surface area (Å²) >= 11 is 0. The van der Waals surface area contributed by atoms with Crippen molar-refractivity contribution in [2.75, 3.05) is 6.61 Å². The van der Waals surface area contributed by atoms with E-state index in [4.69, 9.17) is 0 Å². The molecule has 1 N–H and O–H groups in total. The number of nitrogens with one attached hydrogen (secondary N) is 1. The topological polar surface area (TPSA) is 69.0 Å². The number of pyridine rings is 1. The maximum atomic E-state index is 12.0. The van der Waals surface area contributed by atoms with Crippen molar-refractivity contribution in [3.8, 4) is 5.88 Å². The fourth-order valence-electron chi connectivity index (χ4n) is 1.82. The lowest BCUT2D eigenvalue weighted by atomic mass is 10.2. The second kappa shape index (κ2) is 7.12. The fourth-order valence-corrected chi connectivity index (χ4v) is 1.82. The summed E-state index contributed by atoms with van der Waals surface area (Å²) in [6.45, 7) is 0.950. The van der Waals surface area contributed by atoms with Crippen molar-refractivity contribution in [2.24, 2.45) is 0 Å². The van der Waals surface area contributed by atoms with Crippen molar-refractivity contribution in [1.29, 1.82) is 0 Å². The Labute approximate surface area is 130 Å². The van der Waals surface area contributed by atoms with Crippen LogP contribution in [-0.2, 0) is 6.54 Å². The first-order valence-corrected chi connectivity index (χ1v) is 6.76. The zero-order chi connectivity index (χ0) is 16.9. The maximum absolute atomic E-state index is 12.0. The first kappa shape index (κ1) is 16.8. The molecule has 9 heteroatoms. The Morgan fingerprint density at radius 3 is 2.78 bits per heavy atom. The highest BCUT2D eigenvalue weighted by atomic mass is 19.4. The van der Waals surface area contributed by atoms with E-state index in [1.807, 2.05) is 11.5 Å². The summed E-state index contributed by atoms with van der Waals surface area (Å²) in [4.78, 5) is 19.6. The van der Waals surface area contributed by atoms with Crippen LogP contribution in [0.2, 0.25) is 0 Å². The third kappa shape index (κ3) is 5.61. The number of carbonyl (C=O) groups excluding carboxylic acids is 1. The van der Waals surface area contributed by atoms with Gasteiger partial charge in [-0.1, -0.05) is 0 Å². The number of aromatic nitrogens is 3. The average molecular weight is 328 g/mol. The summed E-state index contributed by atoms with van der Waals surface area (Å²) in [5.74, 6) is -0.558. The average Bonchev–Trinajstić information content (AvgIpc) is 2.97. The number of alkyl halides is 3. The Bertz CT molecular complexity index is 626. The molecule has 0 aliphatic rings. The van der Waals surface area contributed by atoms with Crippen LogP contribution in [0.3, 0.4) is 0 Å². The number of amides is 1. The number of imidazole rings is 1. The van der Waals surface area contributed by atoms with E-state index in [-0.39, 0.29) is 23.4 Å². The second-order valence-electron chi connectivity index (χ2n) is 4.92. The summed E-state index contributed by atoms with van der Waals surface area (Å²) in [5, 5.41) is 2.76. The van der Waals surface area contributed by atoms with Gasteiger partial charge in [0, 0.05) is 37.2 Å². The summed E-state index contributed by atoms with van der Waals surface area (Å²) in [6, 6.07) is 2.43. The van der Waals surface area contributed by atoms with Crippen LogP contribution < -0.4 is 10.1 Å². The minimum Gasteiger partial charge on any atom is -0.468 e. The van der Waals surface area contributed by atoms with Gasteiger partial charge in [-0.2, -0.15) is 13.2 Å². The standard InChI is InChI=1S/C14H15F3N4O2/c1-10(7-21-5-4-18-9-21)20-13(22)11-2-3-12(19-6-11)23-8-14(15,16)17/h2-6,9-10H,7-8H2,1H3,(H,20,22)/t10-/m0/s1. The number of hydrogen-bond donors (Lipinski definition) is 1. The lowest BCUT2D eigenvalue weighted by Gasteiger charge is -2.14. The number of ether oxygens (including phenoxy) is 1. The SMILES string of the molecule is C[C@@H](Cn1ccnc1)NC(=O)c1ccc(OCC(F)(F)F)nc1. The van der Waals surface area contributed by atoms with Gasteiger partial charge in [-0.25, -0.2) is 9.97 Å². The fraction of sp³-hybridized carbons (Fsp3) is 0.357. The zero-order valence-electron chi connectivity index (χ0n) is 12.2. The molecule has 0 saturated carbocycles. The molecule has 0 saturated heterocycles. The highest BCUT2D eigenvalue weighted by molar-refractivity contribution is 5.94. The number of rotatable bonds is 6. The molecule has 2 aromatic heterocycles. The van der Waals surface area contributed by atoms with E-state index in [0.717, 1.165) is 0 Å². The number of carbonyl (C=O) groups is 1. The van der Waals surface area contributed by atoms with E-state index < -0.39 is 12.8 Å². The Morgan fingerprint density at radius 1 is 1.43 bits per heavy atom. The van der Waals surface area contributed by atoms with Crippen LogP contribution in [0.4, 0.5) is 13.2 Å². The Hall–Kier alpha value is -2.58. The minimum absolute atomic E-state index is 0.155. The van der Waals surface area contributed by atoms with Gasteiger partial charge < -0.3 is 14.6 Å². The van der Waals surface area contributed by atoms with E-state index in [9.17, 15) is 18.0 Å². The lowest BCUT2D eigenvalue weighted by Crippen LogP contribution is -2.35. The van der Waals surface area contributed by atoms with Crippen LogP contribution in [0.1, 0.15) is 17.3 Å². The van der Waals surface area contributed by atoms with Gasteiger partial charge in [0.25, 0.3) is 5.91 Å². The van der Waals surface area contributed by atoms with Crippen LogP contribution in [0.25, 0.3) is 0 Å². The number of nitrogens with zero attached hydrogens (tertiary/aromatic N) is 3. The monoisotopic (exact) mass is 328 g/mol. The van der Waals surface area contributed by atoms with Crippen LogP contribution in [0.15, 0.2) is 37.1 Å². The van der Waals surface area contributed by atoms with Gasteiger partial charge >= 0.3 is 6.18 Å². The molecule has 0 aliphatic heterocycles. The first-order valence-electron chi connectivity index (χ1n) is 6.76. The second-order valence-corrected chi connectivity index (χ2v) is 4.92. The van der Waals surface area contributed by atoms with Gasteiger partial charge in [-0.15, -0.1) is 0 Å². The van der Waals surface area contributed by atoms with Crippen molar-refractivity contribution >= 4 is 5.91 Å². The molecule has 0 aliphatic carbocycles. The molecule has 124 valence electrons. The Balaban J connectivity index is 1.87. The molecular formula is C14H15F3N4O2. The smallest absolute Gasteiger partial charge is 0.422 e. The normalized spacial score (nSPS) is 12.7. The number of hydrogen-bond acceptors (Lipinski definition) is 4. The summed E-state index contributed by atoms with van der Waals surface area (Å²) in [5.41, 5.74) is 0.238. The van der Waals surface area contributed by atoms with Crippen molar-refractivity contribution in [3.05, 3.63) is 42.6 Å². The molecule has 6 nitrogen and oxygen atoms in total. The van der Waals surface area contributed by atoms with E-state index in [0.29, 0.717) is 6.54 Å². The van der Waals surface area contributed by atoms with Gasteiger partial charge in [-0.05, 0) is 13.0 Å². The highest BCUT2D eigenvalue weighted by Gasteiger charge is 2.28. The molecule has 2 rings (SSSR count). The highest BCUT2D eigenvalue weighted by Crippen LogP contribution is 2.17. The molecule has 0 unspecified atom stereocenters. The summed E-state index contributed by atoms with van der Waals surface area (Å²) in [7, 11) is 0. The predicted octanol–water partition coefficient (Wildman–Crippen LogP) is 2.04. The predicted molar refractivity (Wildman–Crippen MR) is 74.9 cm³/mol. The molecule has 0 fully saturated rings. The van der Waals surface area contributed by atoms with E-state index in [1.165, 1.54) is 18.3 Å². The van der Waals surface area contributed by atoms with Gasteiger partial charge in [0.1, 0.15) is 0 Å². The van der Waals surface area contributed by atoms with Crippen molar-refractivity contribution < 1.29 is 22.7 Å². The van der Waals surface area contributed by atoms with Crippen molar-refractivity contribution in [2.45, 2.75) is 25.7 Å². The molecule has 23 heavy (non-hydrogen) atoms. The molecule has 2 heterocycles. The van der Waals surface area contributed by atoms with Crippen LogP contribution >= 0.6 is 0 Å². The van der Waals surface area contributed by atoms with Crippen LogP contribution in [-0.4, -0.2) is 39.3 Å². The first-order chi connectivity index (χ1) is 10.8. The van der Waals surface area contributed by atoms with E-state index in [2.05, 4.69) is 20.0 Å². The van der Waals surface area contributed by atoms with Gasteiger partial charge in [0.15, 0.2) is 6.61 Å². The van der Waals surface area contributed by atoms with E-state index >= 15 is 0 Å². The number of halogens is 3. The quantitative estimate of drug-likeness (QED) is 0.881. The van der Waals surface area contributed by atoms with Gasteiger partial charge in [0.05, 0.1) is 11.9 Å². The summed E-state index contributed by atoms with van der Waals surface area (Å²) < 4.78 is 42.4. The molecule has 0 radical (unpaired) electrons. The third-order valence-electron chi connectivity index (χ3n) is 2.80. The zero-order valence-corrected chi connectivity index (χ0v) is 12.2. The molecule has 0 bridgehead atoms. The third-order valence-corrected chi connectivity index (χ3v) is 2.80. The van der Waals surface area contributed by atoms with Crippen molar-refractivity contribution in [3.63, 3.8) is 0 Å². The molecule has 0 aromatic carbocycles. The van der Waals surface area contributed by atoms with Crippen LogP contribution in [0, 0.1) is 0 Å². The molecular weight excluding hydrogens is 313 g/mol. The largest absolute Gasteiger partial charge is 0.468 e. The van der Waals surface area contributed by atoms with Crippen LogP contribution in [0.5, 0.6) is 5.88 Å². The van der Waals surface area contributed by atoms with Crippen molar-refractivity contribution in [1.82, 2.24) is 19.9 Å². The van der Waals surface area contributed by atoms with E-state index in [1.54, 1.807) is 18.7 Å². The summed E-state index contributed by atoms with van der Waals surface area (Å²) in [6.07, 6.45) is 1.79. The molecule has 0 spiro atoms. The minimum atomic E-state index is -4.43. The lowest BCUT2D eigenvalue weighted by molar-refractivity contribution is -0.154. The molecule has 1 atom stereocenters. The molecule has 2 aromatic rings. The Kier molecular flexibility index (Phi) is 5.20. The van der Waals surface area contributed by atoms with Gasteiger partial charge in [-0.3, -0.25) is 4.79 Å². The Morgan fingerprint density at radius 2 is 2.22 bits per heavy atom. The van der Waals surface area contributed by atoms with Gasteiger partial charge in [0.2, 0.25) is 5.88 Å². The maximum Gasteiger partial charge on any atom is 0.422 e. The molecule has 1 amide bonds.